The van der Waals surface area contributed by atoms with Gasteiger partial charge in [-0.05, 0) is 0 Å². The molecule has 2 aromatic heterocycles. The predicted molar refractivity (Wildman–Crippen MR) is 90.0 cm³/mol. The molecule has 0 fully saturated rings. The zero-order valence-electron chi connectivity index (χ0n) is 12.4. The summed E-state index contributed by atoms with van der Waals surface area (Å²) in [5.74, 6) is 0. The Morgan fingerprint density at radius 1 is 1.17 bits per heavy atom. The monoisotopic (exact) mass is 305 g/mol. The average Bonchev–Trinajstić information content (AvgIpc) is 2.60. The number of hydrogen-bond donors (Lipinski definition) is 2. The van der Waals surface area contributed by atoms with Crippen molar-refractivity contribution in [2.75, 3.05) is 11.9 Å². The van der Waals surface area contributed by atoms with E-state index in [1.54, 1.807) is 24.7 Å². The topological polar surface area (TPSA) is 79.8 Å². The fraction of sp³-hybridized carbons (Fsp3) is 0.0588. The highest BCUT2D eigenvalue weighted by Crippen LogP contribution is 2.22. The molecule has 0 atom stereocenters. The third-order valence-electron chi connectivity index (χ3n) is 3.18. The molecule has 0 aliphatic rings. The summed E-state index contributed by atoms with van der Waals surface area (Å²) >= 11 is 0. The molecule has 6 nitrogen and oxygen atoms in total. The van der Waals surface area contributed by atoms with Crippen LogP contribution in [0.15, 0.2) is 61.6 Å². The first kappa shape index (κ1) is 14.6. The molecule has 3 rings (SSSR count). The van der Waals surface area contributed by atoms with Crippen LogP contribution in [0.2, 0.25) is 0 Å². The Balaban J connectivity index is 1.93. The van der Waals surface area contributed by atoms with Gasteiger partial charge in [0.1, 0.15) is 11.0 Å². The summed E-state index contributed by atoms with van der Waals surface area (Å²) < 4.78 is 0. The van der Waals surface area contributed by atoms with Gasteiger partial charge >= 0.3 is 6.03 Å². The van der Waals surface area contributed by atoms with Gasteiger partial charge in [0, 0.05) is 12.1 Å². The van der Waals surface area contributed by atoms with Crippen LogP contribution < -0.4 is 10.6 Å². The second-order valence-corrected chi connectivity index (χ2v) is 4.80. The van der Waals surface area contributed by atoms with Crippen LogP contribution in [0, 0.1) is 0 Å². The Hall–Kier alpha value is -3.28. The molecule has 6 heteroatoms. The Labute approximate surface area is 133 Å². The molecule has 0 aliphatic carbocycles. The maximum atomic E-state index is 11.8. The number of fused-ring (bicyclic) bond motifs is 1. The smallest absolute Gasteiger partial charge is 0.319 e. The minimum absolute atomic E-state index is 0.340. The first-order valence-electron chi connectivity index (χ1n) is 7.10. The van der Waals surface area contributed by atoms with Gasteiger partial charge in [-0.15, -0.1) is 6.58 Å². The third-order valence-corrected chi connectivity index (χ3v) is 3.18. The van der Waals surface area contributed by atoms with E-state index in [-0.39, 0.29) is 6.03 Å². The van der Waals surface area contributed by atoms with Crippen LogP contribution in [-0.4, -0.2) is 27.5 Å². The van der Waals surface area contributed by atoms with E-state index >= 15 is 0 Å². The molecular formula is C17H15N5O. The van der Waals surface area contributed by atoms with E-state index in [0.29, 0.717) is 23.3 Å². The summed E-state index contributed by atoms with van der Waals surface area (Å²) in [6.45, 7) is 3.93. The first-order valence-corrected chi connectivity index (χ1v) is 7.10. The summed E-state index contributed by atoms with van der Waals surface area (Å²) in [6.07, 6.45) is 6.46. The number of hydrogen-bond acceptors (Lipinski definition) is 4. The number of carbonyl (C=O) groups excluding carboxylic acids is 1. The second-order valence-electron chi connectivity index (χ2n) is 4.80. The maximum Gasteiger partial charge on any atom is 0.319 e. The maximum absolute atomic E-state index is 11.8. The van der Waals surface area contributed by atoms with Crippen molar-refractivity contribution in [3.05, 3.63) is 61.6 Å². The van der Waals surface area contributed by atoms with E-state index in [0.717, 1.165) is 11.3 Å². The van der Waals surface area contributed by atoms with Crippen molar-refractivity contribution in [3.8, 4) is 11.3 Å². The van der Waals surface area contributed by atoms with E-state index in [1.165, 1.54) is 0 Å². The average molecular weight is 305 g/mol. The number of benzene rings is 1. The lowest BCUT2D eigenvalue weighted by Gasteiger charge is -2.08. The largest absolute Gasteiger partial charge is 0.334 e. The van der Waals surface area contributed by atoms with Crippen molar-refractivity contribution in [1.82, 2.24) is 20.3 Å². The lowest BCUT2D eigenvalue weighted by Crippen LogP contribution is -2.28. The number of nitrogens with zero attached hydrogens (tertiary/aromatic N) is 3. The minimum Gasteiger partial charge on any atom is -0.334 e. The Morgan fingerprint density at radius 3 is 2.78 bits per heavy atom. The number of pyridine rings is 1. The number of nitrogens with one attached hydrogen (secondary N) is 2. The molecule has 114 valence electrons. The van der Waals surface area contributed by atoms with Gasteiger partial charge in [0.05, 0.1) is 30.0 Å². The van der Waals surface area contributed by atoms with E-state index in [9.17, 15) is 4.79 Å². The highest BCUT2D eigenvalue weighted by molar-refractivity contribution is 5.98. The third kappa shape index (κ3) is 3.32. The lowest BCUT2D eigenvalue weighted by atomic mass is 10.1. The Bertz CT molecular complexity index is 848. The molecule has 2 N–H and O–H groups in total. The second kappa shape index (κ2) is 6.65. The van der Waals surface area contributed by atoms with Crippen LogP contribution in [0.3, 0.4) is 0 Å². The molecule has 0 unspecified atom stereocenters. The molecule has 0 radical (unpaired) electrons. The molecule has 2 amide bonds. The van der Waals surface area contributed by atoms with Gasteiger partial charge in [0.15, 0.2) is 0 Å². The van der Waals surface area contributed by atoms with Crippen molar-refractivity contribution >= 4 is 22.8 Å². The molecule has 23 heavy (non-hydrogen) atoms. The standard InChI is InChI=1S/C17H15N5O/c1-2-8-19-17(23)22-15-10-18-9-14-16(15)20-11-13(21-14)12-6-4-3-5-7-12/h2-7,9-11H,1,8H2,(H2,19,22,23). The number of carbonyl (C=O) groups is 1. The summed E-state index contributed by atoms with van der Waals surface area (Å²) in [4.78, 5) is 24.9. The van der Waals surface area contributed by atoms with Crippen molar-refractivity contribution in [3.63, 3.8) is 0 Å². The van der Waals surface area contributed by atoms with Gasteiger partial charge in [-0.3, -0.25) is 9.97 Å². The normalized spacial score (nSPS) is 10.3. The molecule has 1 aromatic carbocycles. The van der Waals surface area contributed by atoms with Gasteiger partial charge in [0.2, 0.25) is 0 Å². The summed E-state index contributed by atoms with van der Waals surface area (Å²) in [7, 11) is 0. The molecule has 0 saturated heterocycles. The van der Waals surface area contributed by atoms with Gasteiger partial charge in [-0.2, -0.15) is 0 Å². The van der Waals surface area contributed by atoms with Crippen molar-refractivity contribution in [2.24, 2.45) is 0 Å². The van der Waals surface area contributed by atoms with Crippen LogP contribution >= 0.6 is 0 Å². The molecule has 0 spiro atoms. The number of anilines is 1. The molecule has 2 heterocycles. The summed E-state index contributed by atoms with van der Waals surface area (Å²) in [6, 6.07) is 9.43. The van der Waals surface area contributed by atoms with E-state index < -0.39 is 0 Å². The van der Waals surface area contributed by atoms with Gasteiger partial charge in [-0.25, -0.2) is 9.78 Å². The van der Waals surface area contributed by atoms with Gasteiger partial charge in [-0.1, -0.05) is 36.4 Å². The lowest BCUT2D eigenvalue weighted by molar-refractivity contribution is 0.253. The van der Waals surface area contributed by atoms with Crippen molar-refractivity contribution in [2.45, 2.75) is 0 Å². The van der Waals surface area contributed by atoms with Crippen molar-refractivity contribution < 1.29 is 4.79 Å². The quantitative estimate of drug-likeness (QED) is 0.726. The summed E-state index contributed by atoms with van der Waals surface area (Å²) in [5.41, 5.74) is 3.45. The molecule has 0 aliphatic heterocycles. The number of rotatable bonds is 4. The summed E-state index contributed by atoms with van der Waals surface area (Å²) in [5, 5.41) is 5.35. The number of aromatic nitrogens is 3. The fourth-order valence-corrected chi connectivity index (χ4v) is 2.12. The minimum atomic E-state index is -0.340. The van der Waals surface area contributed by atoms with Crippen LogP contribution in [0.5, 0.6) is 0 Å². The molecule has 0 bridgehead atoms. The van der Waals surface area contributed by atoms with E-state index in [2.05, 4.69) is 32.2 Å². The van der Waals surface area contributed by atoms with Crippen LogP contribution in [0.1, 0.15) is 0 Å². The van der Waals surface area contributed by atoms with Crippen LogP contribution in [0.4, 0.5) is 10.5 Å². The first-order chi connectivity index (χ1) is 11.3. The van der Waals surface area contributed by atoms with Gasteiger partial charge in [0.25, 0.3) is 0 Å². The fourth-order valence-electron chi connectivity index (χ4n) is 2.12. The number of amides is 2. The predicted octanol–water partition coefficient (Wildman–Crippen LogP) is 3.00. The highest BCUT2D eigenvalue weighted by atomic mass is 16.2. The molecule has 0 saturated carbocycles. The molecule has 3 aromatic rings. The molecular weight excluding hydrogens is 290 g/mol. The van der Waals surface area contributed by atoms with Crippen molar-refractivity contribution in [1.29, 1.82) is 0 Å². The Kier molecular flexibility index (Phi) is 4.24. The van der Waals surface area contributed by atoms with Gasteiger partial charge < -0.3 is 10.6 Å². The Morgan fingerprint density at radius 2 is 2.00 bits per heavy atom. The zero-order valence-corrected chi connectivity index (χ0v) is 12.4. The van der Waals surface area contributed by atoms with Crippen LogP contribution in [-0.2, 0) is 0 Å². The highest BCUT2D eigenvalue weighted by Gasteiger charge is 2.09. The zero-order chi connectivity index (χ0) is 16.1. The van der Waals surface area contributed by atoms with Crippen LogP contribution in [0.25, 0.3) is 22.3 Å². The van der Waals surface area contributed by atoms with E-state index in [4.69, 9.17) is 0 Å². The SMILES string of the molecule is C=CCNC(=O)Nc1cncc2nc(-c3ccccc3)cnc12. The number of urea groups is 1. The van der Waals surface area contributed by atoms with E-state index in [1.807, 2.05) is 30.3 Å².